The number of nitrogens with two attached hydrogens (primary N) is 1. The van der Waals surface area contributed by atoms with E-state index in [1.54, 1.807) is 6.07 Å². The Morgan fingerprint density at radius 1 is 1.24 bits per heavy atom. The number of aryl methyl sites for hydroxylation is 1. The van der Waals surface area contributed by atoms with Crippen molar-refractivity contribution in [3.63, 3.8) is 0 Å². The summed E-state index contributed by atoms with van der Waals surface area (Å²) in [5.41, 5.74) is 7.56. The molecule has 0 saturated heterocycles. The second-order valence-electron chi connectivity index (χ2n) is 4.38. The predicted molar refractivity (Wildman–Crippen MR) is 82.9 cm³/mol. The first-order valence-electron chi connectivity index (χ1n) is 6.46. The van der Waals surface area contributed by atoms with Gasteiger partial charge in [-0.3, -0.25) is 4.79 Å². The van der Waals surface area contributed by atoms with Crippen LogP contribution in [0.15, 0.2) is 41.2 Å². The summed E-state index contributed by atoms with van der Waals surface area (Å²) in [6.45, 7) is 2.36. The van der Waals surface area contributed by atoms with Crippen molar-refractivity contribution in [3.05, 3.63) is 46.8 Å². The second kappa shape index (κ2) is 5.45. The van der Waals surface area contributed by atoms with Gasteiger partial charge in [0.2, 0.25) is 5.13 Å². The lowest BCUT2D eigenvalue weighted by atomic mass is 10.1. The van der Waals surface area contributed by atoms with Crippen molar-refractivity contribution >= 4 is 16.5 Å². The molecule has 0 spiro atoms. The summed E-state index contributed by atoms with van der Waals surface area (Å²) in [7, 11) is 0. The fourth-order valence-electron chi connectivity index (χ4n) is 2.00. The van der Waals surface area contributed by atoms with Crippen molar-refractivity contribution in [3.8, 4) is 21.8 Å². The summed E-state index contributed by atoms with van der Waals surface area (Å²) < 4.78 is 1.43. The molecule has 0 unspecified atom stereocenters. The largest absolute Gasteiger partial charge is 0.374 e. The summed E-state index contributed by atoms with van der Waals surface area (Å²) in [5.74, 6) is 0. The third kappa shape index (κ3) is 2.55. The third-order valence-corrected chi connectivity index (χ3v) is 3.80. The molecule has 1 aromatic carbocycles. The molecule has 0 aliphatic heterocycles. The molecule has 0 aliphatic rings. The van der Waals surface area contributed by atoms with Crippen LogP contribution in [0.3, 0.4) is 0 Å². The molecule has 7 heteroatoms. The highest BCUT2D eigenvalue weighted by Gasteiger charge is 2.14. The van der Waals surface area contributed by atoms with Gasteiger partial charge >= 0.3 is 0 Å². The number of hydrogen-bond acceptors (Lipinski definition) is 6. The number of nitrogen functional groups attached to an aromatic ring is 1. The van der Waals surface area contributed by atoms with E-state index in [1.165, 1.54) is 16.0 Å². The number of aromatic nitrogens is 4. The Kier molecular flexibility index (Phi) is 3.49. The average Bonchev–Trinajstić information content (AvgIpc) is 2.95. The van der Waals surface area contributed by atoms with Crippen LogP contribution in [-0.4, -0.2) is 20.0 Å². The zero-order chi connectivity index (χ0) is 14.8. The van der Waals surface area contributed by atoms with Crippen LogP contribution >= 0.6 is 11.3 Å². The van der Waals surface area contributed by atoms with Gasteiger partial charge in [-0.15, -0.1) is 10.2 Å². The van der Waals surface area contributed by atoms with Crippen molar-refractivity contribution in [1.82, 2.24) is 20.0 Å². The van der Waals surface area contributed by atoms with Crippen LogP contribution in [0.5, 0.6) is 0 Å². The Labute approximate surface area is 124 Å². The first-order chi connectivity index (χ1) is 10.2. The quantitative estimate of drug-likeness (QED) is 0.799. The molecule has 3 rings (SSSR count). The fourth-order valence-corrected chi connectivity index (χ4v) is 2.62. The minimum absolute atomic E-state index is 0.187. The molecule has 0 radical (unpaired) electrons. The topological polar surface area (TPSA) is 86.7 Å². The maximum Gasteiger partial charge on any atom is 0.277 e. The maximum absolute atomic E-state index is 12.4. The Hall–Kier alpha value is -2.54. The smallest absolute Gasteiger partial charge is 0.277 e. The monoisotopic (exact) mass is 299 g/mol. The molecule has 2 heterocycles. The lowest BCUT2D eigenvalue weighted by Gasteiger charge is -2.07. The first kappa shape index (κ1) is 13.4. The highest BCUT2D eigenvalue weighted by molar-refractivity contribution is 7.18. The van der Waals surface area contributed by atoms with Crippen molar-refractivity contribution in [1.29, 1.82) is 0 Å². The molecule has 0 amide bonds. The van der Waals surface area contributed by atoms with Crippen LogP contribution in [0.25, 0.3) is 21.8 Å². The first-order valence-corrected chi connectivity index (χ1v) is 7.27. The van der Waals surface area contributed by atoms with Crippen LogP contribution < -0.4 is 11.3 Å². The van der Waals surface area contributed by atoms with E-state index in [0.29, 0.717) is 22.2 Å². The molecule has 0 saturated carbocycles. The second-order valence-corrected chi connectivity index (χ2v) is 5.38. The van der Waals surface area contributed by atoms with E-state index < -0.39 is 0 Å². The van der Waals surface area contributed by atoms with Gasteiger partial charge in [-0.2, -0.15) is 5.10 Å². The molecule has 21 heavy (non-hydrogen) atoms. The molecule has 0 atom stereocenters. The molecule has 0 fully saturated rings. The molecule has 0 aliphatic carbocycles. The van der Waals surface area contributed by atoms with E-state index in [0.717, 1.165) is 11.3 Å². The van der Waals surface area contributed by atoms with Gasteiger partial charge in [-0.1, -0.05) is 41.7 Å². The average molecular weight is 299 g/mol. The summed E-state index contributed by atoms with van der Waals surface area (Å²) in [5, 5.41) is 13.0. The summed E-state index contributed by atoms with van der Waals surface area (Å²) in [6.07, 6.45) is 0. The Bertz CT molecular complexity index is 825. The summed E-state index contributed by atoms with van der Waals surface area (Å²) in [6, 6.07) is 11.4. The van der Waals surface area contributed by atoms with Crippen LogP contribution in [0.2, 0.25) is 0 Å². The summed E-state index contributed by atoms with van der Waals surface area (Å²) in [4.78, 5) is 12.4. The third-order valence-electron chi connectivity index (χ3n) is 3.01. The van der Waals surface area contributed by atoms with Crippen molar-refractivity contribution < 1.29 is 0 Å². The molecule has 2 N–H and O–H groups in total. The van der Waals surface area contributed by atoms with Crippen molar-refractivity contribution in [2.75, 3.05) is 5.73 Å². The minimum Gasteiger partial charge on any atom is -0.374 e. The van der Waals surface area contributed by atoms with Gasteiger partial charge < -0.3 is 5.73 Å². The van der Waals surface area contributed by atoms with E-state index in [1.807, 2.05) is 37.3 Å². The molecule has 0 bridgehead atoms. The van der Waals surface area contributed by atoms with Crippen molar-refractivity contribution in [2.45, 2.75) is 13.5 Å². The molecule has 3 aromatic rings. The van der Waals surface area contributed by atoms with Gasteiger partial charge in [0.1, 0.15) is 0 Å². The number of anilines is 1. The highest BCUT2D eigenvalue weighted by Crippen LogP contribution is 2.25. The lowest BCUT2D eigenvalue weighted by molar-refractivity contribution is 0.620. The van der Waals surface area contributed by atoms with E-state index in [2.05, 4.69) is 15.3 Å². The Morgan fingerprint density at radius 2 is 2.00 bits per heavy atom. The molecule has 2 aromatic heterocycles. The van der Waals surface area contributed by atoms with Crippen LogP contribution in [0, 0.1) is 0 Å². The molecule has 6 nitrogen and oxygen atoms in total. The molecule has 106 valence electrons. The van der Waals surface area contributed by atoms with Gasteiger partial charge in [-0.05, 0) is 13.0 Å². The number of rotatable bonds is 3. The van der Waals surface area contributed by atoms with E-state index in [4.69, 9.17) is 5.73 Å². The lowest BCUT2D eigenvalue weighted by Crippen LogP contribution is -2.24. The zero-order valence-electron chi connectivity index (χ0n) is 11.4. The fraction of sp³-hybridized carbons (Fsp3) is 0.143. The molecular weight excluding hydrogens is 286 g/mol. The SMILES string of the molecule is CCn1nc(-c2ccccc2)cc(-c2nnc(N)s2)c1=O. The maximum atomic E-state index is 12.4. The number of benzene rings is 1. The Balaban J connectivity index is 2.22. The normalized spacial score (nSPS) is 10.7. The Morgan fingerprint density at radius 3 is 2.62 bits per heavy atom. The molecular formula is C14H13N5OS. The van der Waals surface area contributed by atoms with E-state index in [9.17, 15) is 4.79 Å². The number of nitrogens with zero attached hydrogens (tertiary/aromatic N) is 4. The minimum atomic E-state index is -0.187. The van der Waals surface area contributed by atoms with Gasteiger partial charge in [0.25, 0.3) is 5.56 Å². The van der Waals surface area contributed by atoms with Gasteiger partial charge in [0.15, 0.2) is 5.01 Å². The van der Waals surface area contributed by atoms with Crippen LogP contribution in [0.4, 0.5) is 5.13 Å². The summed E-state index contributed by atoms with van der Waals surface area (Å²) >= 11 is 1.19. The van der Waals surface area contributed by atoms with E-state index in [-0.39, 0.29) is 5.56 Å². The van der Waals surface area contributed by atoms with Crippen molar-refractivity contribution in [2.24, 2.45) is 0 Å². The highest BCUT2D eigenvalue weighted by atomic mass is 32.1. The van der Waals surface area contributed by atoms with Crippen LogP contribution in [0.1, 0.15) is 6.92 Å². The van der Waals surface area contributed by atoms with Gasteiger partial charge in [0.05, 0.1) is 11.3 Å². The van der Waals surface area contributed by atoms with Gasteiger partial charge in [0, 0.05) is 12.1 Å². The standard InChI is InChI=1S/C14H13N5OS/c1-2-19-13(20)10(12-16-17-14(15)21-12)8-11(18-19)9-6-4-3-5-7-9/h3-8H,2H2,1H3,(H2,15,17). The number of hydrogen-bond donors (Lipinski definition) is 1. The van der Waals surface area contributed by atoms with Crippen LogP contribution in [-0.2, 0) is 6.54 Å². The van der Waals surface area contributed by atoms with E-state index >= 15 is 0 Å². The zero-order valence-corrected chi connectivity index (χ0v) is 12.2. The van der Waals surface area contributed by atoms with Gasteiger partial charge in [-0.25, -0.2) is 4.68 Å². The predicted octanol–water partition coefficient (Wildman–Crippen LogP) is 2.03.